The van der Waals surface area contributed by atoms with Crippen molar-refractivity contribution in [3.05, 3.63) is 69.6 Å². The fourth-order valence-corrected chi connectivity index (χ4v) is 4.51. The third-order valence-electron chi connectivity index (χ3n) is 4.92. The summed E-state index contributed by atoms with van der Waals surface area (Å²) in [7, 11) is 1.84. The van der Waals surface area contributed by atoms with Crippen LogP contribution in [0.3, 0.4) is 0 Å². The van der Waals surface area contributed by atoms with E-state index >= 15 is 0 Å². The number of amidine groups is 1. The van der Waals surface area contributed by atoms with Crippen molar-refractivity contribution in [3.63, 3.8) is 0 Å². The number of nitrogens with one attached hydrogen (secondary N) is 1. The summed E-state index contributed by atoms with van der Waals surface area (Å²) < 4.78 is 26.8. The minimum absolute atomic E-state index is 0.00657. The zero-order valence-electron chi connectivity index (χ0n) is 17.2. The number of hydrogen-bond acceptors (Lipinski definition) is 6. The first-order valence-corrected chi connectivity index (χ1v) is 11.0. The SMILES string of the molecule is CN(C)CCS(=O)(=O)c1ccc2c(c1)nc(Cc1ccc(C(=N)N)cc1)c(=O)n2C. The van der Waals surface area contributed by atoms with Crippen molar-refractivity contribution < 1.29 is 8.42 Å². The summed E-state index contributed by atoms with van der Waals surface area (Å²) in [6, 6.07) is 11.7. The zero-order chi connectivity index (χ0) is 22.1. The number of nitrogens with zero attached hydrogens (tertiary/aromatic N) is 3. The molecule has 8 nitrogen and oxygen atoms in total. The Morgan fingerprint density at radius 3 is 2.43 bits per heavy atom. The number of rotatable bonds is 7. The highest BCUT2D eigenvalue weighted by molar-refractivity contribution is 7.91. The van der Waals surface area contributed by atoms with Gasteiger partial charge in [-0.1, -0.05) is 24.3 Å². The van der Waals surface area contributed by atoms with Crippen LogP contribution in [0.4, 0.5) is 0 Å². The van der Waals surface area contributed by atoms with Crippen molar-refractivity contribution in [2.75, 3.05) is 26.4 Å². The summed E-state index contributed by atoms with van der Waals surface area (Å²) in [5, 5.41) is 7.46. The molecular weight excluding hydrogens is 402 g/mol. The van der Waals surface area contributed by atoms with Gasteiger partial charge in [-0.2, -0.15) is 0 Å². The van der Waals surface area contributed by atoms with E-state index in [9.17, 15) is 13.2 Å². The normalized spacial score (nSPS) is 11.9. The van der Waals surface area contributed by atoms with E-state index in [1.54, 1.807) is 37.4 Å². The predicted octanol–water partition coefficient (Wildman–Crippen LogP) is 1.14. The number of benzene rings is 2. The van der Waals surface area contributed by atoms with Gasteiger partial charge in [0, 0.05) is 25.6 Å². The van der Waals surface area contributed by atoms with E-state index in [0.717, 1.165) is 5.56 Å². The molecule has 0 fully saturated rings. The lowest BCUT2D eigenvalue weighted by molar-refractivity contribution is 0.432. The number of nitrogens with two attached hydrogens (primary N) is 1. The molecule has 0 aliphatic carbocycles. The number of sulfone groups is 1. The van der Waals surface area contributed by atoms with Crippen LogP contribution in [0.5, 0.6) is 0 Å². The maximum atomic E-state index is 12.7. The molecule has 0 saturated heterocycles. The van der Waals surface area contributed by atoms with E-state index in [-0.39, 0.29) is 22.0 Å². The number of hydrogen-bond donors (Lipinski definition) is 2. The maximum Gasteiger partial charge on any atom is 0.272 e. The number of aromatic nitrogens is 2. The summed E-state index contributed by atoms with van der Waals surface area (Å²) >= 11 is 0. The summed E-state index contributed by atoms with van der Waals surface area (Å²) in [5.74, 6) is -0.0172. The van der Waals surface area contributed by atoms with Crippen LogP contribution in [-0.4, -0.2) is 55.1 Å². The lowest BCUT2D eigenvalue weighted by Crippen LogP contribution is -2.24. The van der Waals surface area contributed by atoms with Crippen LogP contribution in [0.2, 0.25) is 0 Å². The van der Waals surface area contributed by atoms with Crippen LogP contribution in [-0.2, 0) is 23.3 Å². The van der Waals surface area contributed by atoms with Crippen molar-refractivity contribution in [1.82, 2.24) is 14.5 Å². The molecule has 0 aliphatic heterocycles. The molecule has 1 aromatic heterocycles. The first-order chi connectivity index (χ1) is 14.1. The highest BCUT2D eigenvalue weighted by Gasteiger charge is 2.17. The standard InChI is InChI=1S/C21H25N5O3S/c1-25(2)10-11-30(28,29)16-8-9-19-17(13-16)24-18(21(27)26(19)3)12-14-4-6-15(7-5-14)20(22)23/h4-9,13H,10-12H2,1-3H3,(H3,22,23). The van der Waals surface area contributed by atoms with Crippen LogP contribution < -0.4 is 11.3 Å². The van der Waals surface area contributed by atoms with Crippen molar-refractivity contribution in [3.8, 4) is 0 Å². The van der Waals surface area contributed by atoms with Crippen LogP contribution >= 0.6 is 0 Å². The monoisotopic (exact) mass is 427 g/mol. The van der Waals surface area contributed by atoms with Crippen molar-refractivity contribution in [2.24, 2.45) is 12.8 Å². The molecule has 0 aliphatic rings. The quantitative estimate of drug-likeness (QED) is 0.431. The predicted molar refractivity (Wildman–Crippen MR) is 118 cm³/mol. The summed E-state index contributed by atoms with van der Waals surface area (Å²) in [4.78, 5) is 19.2. The fourth-order valence-electron chi connectivity index (χ4n) is 3.10. The Morgan fingerprint density at radius 2 is 1.83 bits per heavy atom. The van der Waals surface area contributed by atoms with Crippen molar-refractivity contribution in [2.45, 2.75) is 11.3 Å². The molecule has 2 aromatic carbocycles. The Bertz CT molecular complexity index is 1260. The van der Waals surface area contributed by atoms with Crippen LogP contribution in [0.25, 0.3) is 11.0 Å². The van der Waals surface area contributed by atoms with E-state index in [4.69, 9.17) is 11.1 Å². The van der Waals surface area contributed by atoms with Gasteiger partial charge in [0.2, 0.25) is 0 Å². The van der Waals surface area contributed by atoms with E-state index in [1.807, 2.05) is 19.0 Å². The molecule has 9 heteroatoms. The van der Waals surface area contributed by atoms with Gasteiger partial charge in [0.25, 0.3) is 5.56 Å². The van der Waals surface area contributed by atoms with Gasteiger partial charge in [-0.25, -0.2) is 13.4 Å². The van der Waals surface area contributed by atoms with E-state index in [2.05, 4.69) is 4.98 Å². The highest BCUT2D eigenvalue weighted by atomic mass is 32.2. The lowest BCUT2D eigenvalue weighted by Gasteiger charge is -2.12. The fraction of sp³-hybridized carbons (Fsp3) is 0.286. The molecule has 3 aromatic rings. The minimum Gasteiger partial charge on any atom is -0.384 e. The second-order valence-electron chi connectivity index (χ2n) is 7.48. The first-order valence-electron chi connectivity index (χ1n) is 9.39. The summed E-state index contributed by atoms with van der Waals surface area (Å²) in [5.41, 5.74) is 8.04. The molecule has 0 bridgehead atoms. The Morgan fingerprint density at radius 1 is 1.17 bits per heavy atom. The van der Waals surface area contributed by atoms with E-state index in [0.29, 0.717) is 35.3 Å². The number of fused-ring (bicyclic) bond motifs is 1. The van der Waals surface area contributed by atoms with Gasteiger partial charge in [-0.15, -0.1) is 0 Å². The van der Waals surface area contributed by atoms with Gasteiger partial charge in [-0.3, -0.25) is 10.2 Å². The second-order valence-corrected chi connectivity index (χ2v) is 9.59. The molecule has 3 N–H and O–H groups in total. The molecule has 158 valence electrons. The summed E-state index contributed by atoms with van der Waals surface area (Å²) in [6.07, 6.45) is 0.290. The Balaban J connectivity index is 2.01. The van der Waals surface area contributed by atoms with E-state index < -0.39 is 9.84 Å². The average molecular weight is 428 g/mol. The first kappa shape index (κ1) is 21.7. The zero-order valence-corrected chi connectivity index (χ0v) is 18.0. The largest absolute Gasteiger partial charge is 0.384 e. The van der Waals surface area contributed by atoms with Gasteiger partial charge in [0.1, 0.15) is 11.5 Å². The average Bonchev–Trinajstić information content (AvgIpc) is 2.70. The van der Waals surface area contributed by atoms with Crippen LogP contribution in [0.15, 0.2) is 52.2 Å². The molecule has 0 saturated carbocycles. The number of aryl methyl sites for hydroxylation is 1. The third kappa shape index (κ3) is 4.58. The second kappa shape index (κ2) is 8.37. The lowest BCUT2D eigenvalue weighted by atomic mass is 10.1. The highest BCUT2D eigenvalue weighted by Crippen LogP contribution is 2.19. The van der Waals surface area contributed by atoms with Crippen molar-refractivity contribution >= 4 is 26.7 Å². The van der Waals surface area contributed by atoms with Gasteiger partial charge < -0.3 is 15.2 Å². The summed E-state index contributed by atoms with van der Waals surface area (Å²) in [6.45, 7) is 0.419. The molecular formula is C21H25N5O3S. The van der Waals surface area contributed by atoms with Gasteiger partial charge in [-0.05, 0) is 37.9 Å². The Labute approximate surface area is 175 Å². The molecule has 0 spiro atoms. The van der Waals surface area contributed by atoms with Crippen molar-refractivity contribution in [1.29, 1.82) is 5.41 Å². The minimum atomic E-state index is -3.46. The third-order valence-corrected chi connectivity index (χ3v) is 6.61. The van der Waals surface area contributed by atoms with Gasteiger partial charge in [0.05, 0.1) is 21.7 Å². The molecule has 1 heterocycles. The molecule has 0 amide bonds. The molecule has 30 heavy (non-hydrogen) atoms. The molecule has 0 radical (unpaired) electrons. The van der Waals surface area contributed by atoms with Crippen LogP contribution in [0.1, 0.15) is 16.8 Å². The van der Waals surface area contributed by atoms with Gasteiger partial charge in [0.15, 0.2) is 9.84 Å². The van der Waals surface area contributed by atoms with E-state index in [1.165, 1.54) is 16.7 Å². The molecule has 0 unspecified atom stereocenters. The topological polar surface area (TPSA) is 122 Å². The van der Waals surface area contributed by atoms with Crippen LogP contribution in [0, 0.1) is 5.41 Å². The van der Waals surface area contributed by atoms with Gasteiger partial charge >= 0.3 is 0 Å². The molecule has 0 atom stereocenters. The maximum absolute atomic E-state index is 12.7. The number of nitrogen functional groups attached to an aromatic ring is 1. The molecule has 3 rings (SSSR count). The Hall–Kier alpha value is -3.04. The smallest absolute Gasteiger partial charge is 0.272 e. The Kier molecular flexibility index (Phi) is 6.04.